The van der Waals surface area contributed by atoms with Crippen molar-refractivity contribution >= 4 is 68.9 Å². The quantitative estimate of drug-likeness (QED) is 0.184. The van der Waals surface area contributed by atoms with E-state index in [2.05, 4.69) is 156 Å². The average Bonchev–Trinajstić information content (AvgIpc) is 3.46. The maximum absolute atomic E-state index is 2.42. The summed E-state index contributed by atoms with van der Waals surface area (Å²) in [5.41, 5.74) is 8.69. The van der Waals surface area contributed by atoms with Gasteiger partial charge in [-0.2, -0.15) is 0 Å². The number of aromatic nitrogens is 1. The number of hydrogen-bond donors (Lipinski definition) is 0. The molecule has 47 heavy (non-hydrogen) atoms. The molecule has 2 aliphatic rings. The minimum absolute atomic E-state index is 1.18. The zero-order chi connectivity index (χ0) is 30.9. The fourth-order valence-electron chi connectivity index (χ4n) is 6.77. The van der Waals surface area contributed by atoms with Crippen molar-refractivity contribution in [1.82, 2.24) is 4.57 Å². The molecule has 0 unspecified atom stereocenters. The number of hydrogen-bond acceptors (Lipinski definition) is 4. The molecule has 1 aromatic heterocycles. The molecular weight excluding hydrogens is 647 g/mol. The lowest BCUT2D eigenvalue weighted by Gasteiger charge is -2.21. The van der Waals surface area contributed by atoms with Crippen molar-refractivity contribution in [1.29, 1.82) is 0 Å². The van der Waals surface area contributed by atoms with E-state index in [0.29, 0.717) is 0 Å². The first-order chi connectivity index (χ1) is 23.3. The van der Waals surface area contributed by atoms with Gasteiger partial charge in [0.2, 0.25) is 0 Å². The van der Waals surface area contributed by atoms with Gasteiger partial charge in [-0.1, -0.05) is 126 Å². The van der Waals surface area contributed by atoms with Crippen LogP contribution in [0.4, 0.5) is 0 Å². The summed E-state index contributed by atoms with van der Waals surface area (Å²) in [4.78, 5) is 10.7. The van der Waals surface area contributed by atoms with E-state index in [1.54, 1.807) is 0 Å². The standard InChI is InChI=1S/C42H25NS4/c1-2-10-28(11-3-1)43-33-22-20-26(29-12-8-18-39-41(29)46-37-16-6-4-14-35(37)44-39)24-31(33)32-25-27(21-23-34(32)43)30-13-9-19-40-42(30)47-38-17-7-5-15-36(38)45-40/h1-25H. The second-order valence-electron chi connectivity index (χ2n) is 11.7. The predicted octanol–water partition coefficient (Wildman–Crippen LogP) is 13.3. The van der Waals surface area contributed by atoms with Crippen LogP contribution in [0.1, 0.15) is 0 Å². The molecule has 3 heterocycles. The highest BCUT2D eigenvalue weighted by molar-refractivity contribution is 8.05. The Hall–Kier alpha value is -4.26. The van der Waals surface area contributed by atoms with Gasteiger partial charge in [-0.25, -0.2) is 0 Å². The third kappa shape index (κ3) is 4.60. The molecule has 2 aliphatic heterocycles. The normalized spacial score (nSPS) is 13.2. The Balaban J connectivity index is 1.17. The van der Waals surface area contributed by atoms with Gasteiger partial charge in [0.15, 0.2) is 0 Å². The summed E-state index contributed by atoms with van der Waals surface area (Å²) in [6, 6.07) is 55.8. The van der Waals surface area contributed by atoms with Crippen molar-refractivity contribution in [3.05, 3.63) is 152 Å². The van der Waals surface area contributed by atoms with Crippen LogP contribution in [0.2, 0.25) is 0 Å². The lowest BCUT2D eigenvalue weighted by molar-refractivity contribution is 1.16. The Morgan fingerprint density at radius 3 is 1.26 bits per heavy atom. The van der Waals surface area contributed by atoms with Crippen molar-refractivity contribution in [3.8, 4) is 27.9 Å². The van der Waals surface area contributed by atoms with E-state index in [-0.39, 0.29) is 0 Å². The van der Waals surface area contributed by atoms with Gasteiger partial charge in [-0.3, -0.25) is 0 Å². The summed E-state index contributed by atoms with van der Waals surface area (Å²) >= 11 is 7.54. The third-order valence-corrected chi connectivity index (χ3v) is 14.2. The molecular formula is C42H25NS4. The Kier molecular flexibility index (Phi) is 6.61. The molecule has 0 N–H and O–H groups in total. The first kappa shape index (κ1) is 27.8. The smallest absolute Gasteiger partial charge is 0.0541 e. The van der Waals surface area contributed by atoms with E-state index in [9.17, 15) is 0 Å². The van der Waals surface area contributed by atoms with Crippen LogP contribution in [0.15, 0.2) is 191 Å². The zero-order valence-corrected chi connectivity index (χ0v) is 28.3. The number of nitrogens with zero attached hydrogens (tertiary/aromatic N) is 1. The molecule has 0 aliphatic carbocycles. The van der Waals surface area contributed by atoms with Crippen molar-refractivity contribution in [3.63, 3.8) is 0 Å². The first-order valence-electron chi connectivity index (χ1n) is 15.6. The van der Waals surface area contributed by atoms with Gasteiger partial charge in [0.25, 0.3) is 0 Å². The maximum Gasteiger partial charge on any atom is 0.0541 e. The predicted molar refractivity (Wildman–Crippen MR) is 201 cm³/mol. The third-order valence-electron chi connectivity index (χ3n) is 8.92. The minimum Gasteiger partial charge on any atom is -0.309 e. The van der Waals surface area contributed by atoms with E-state index in [0.717, 1.165) is 0 Å². The molecule has 0 spiro atoms. The molecule has 7 aromatic carbocycles. The van der Waals surface area contributed by atoms with Crippen LogP contribution in [0.3, 0.4) is 0 Å². The van der Waals surface area contributed by atoms with Crippen LogP contribution in [-0.4, -0.2) is 4.57 Å². The van der Waals surface area contributed by atoms with E-state index >= 15 is 0 Å². The number of para-hydroxylation sites is 1. The summed E-state index contributed by atoms with van der Waals surface area (Å²) in [7, 11) is 0. The monoisotopic (exact) mass is 671 g/mol. The minimum atomic E-state index is 1.18. The SMILES string of the molecule is c1ccc(-n2c3ccc(-c4cccc5c4Sc4ccccc4S5)cc3c3cc(-c4cccc5c4Sc4ccccc4S5)ccc32)cc1. The lowest BCUT2D eigenvalue weighted by Crippen LogP contribution is -1.94. The van der Waals surface area contributed by atoms with Crippen LogP contribution < -0.4 is 0 Å². The summed E-state index contributed by atoms with van der Waals surface area (Å²) in [6.45, 7) is 0. The van der Waals surface area contributed by atoms with E-state index < -0.39 is 0 Å². The molecule has 0 atom stereocenters. The van der Waals surface area contributed by atoms with Crippen LogP contribution in [-0.2, 0) is 0 Å². The first-order valence-corrected chi connectivity index (χ1v) is 18.8. The number of fused-ring (bicyclic) bond motifs is 7. The Morgan fingerprint density at radius 2 is 0.766 bits per heavy atom. The van der Waals surface area contributed by atoms with Gasteiger partial charge in [0.1, 0.15) is 0 Å². The number of rotatable bonds is 3. The highest BCUT2D eigenvalue weighted by atomic mass is 32.2. The lowest BCUT2D eigenvalue weighted by atomic mass is 10.00. The molecule has 0 bridgehead atoms. The largest absolute Gasteiger partial charge is 0.309 e. The molecule has 5 heteroatoms. The van der Waals surface area contributed by atoms with E-state index in [4.69, 9.17) is 0 Å². The average molecular weight is 672 g/mol. The summed E-state index contributed by atoms with van der Waals surface area (Å²) in [6.07, 6.45) is 0. The van der Waals surface area contributed by atoms with Crippen LogP contribution in [0, 0.1) is 0 Å². The fourth-order valence-corrected chi connectivity index (χ4v) is 11.6. The summed E-state index contributed by atoms with van der Waals surface area (Å²) < 4.78 is 2.42. The van der Waals surface area contributed by atoms with Crippen LogP contribution >= 0.6 is 47.0 Å². The summed E-state index contributed by atoms with van der Waals surface area (Å²) in [5, 5.41) is 2.54. The molecule has 0 saturated carbocycles. The highest BCUT2D eigenvalue weighted by Crippen LogP contribution is 2.53. The molecule has 1 nitrogen and oxygen atoms in total. The van der Waals surface area contributed by atoms with Crippen molar-refractivity contribution < 1.29 is 0 Å². The topological polar surface area (TPSA) is 4.93 Å². The molecule has 222 valence electrons. The van der Waals surface area contributed by atoms with Crippen molar-refractivity contribution in [2.24, 2.45) is 0 Å². The Labute approximate surface area is 290 Å². The van der Waals surface area contributed by atoms with Crippen molar-refractivity contribution in [2.75, 3.05) is 0 Å². The molecule has 10 rings (SSSR count). The van der Waals surface area contributed by atoms with Crippen LogP contribution in [0.25, 0.3) is 49.7 Å². The van der Waals surface area contributed by atoms with Gasteiger partial charge in [-0.15, -0.1) is 0 Å². The second kappa shape index (κ2) is 11.2. The Morgan fingerprint density at radius 1 is 0.340 bits per heavy atom. The molecule has 8 aromatic rings. The fraction of sp³-hybridized carbons (Fsp3) is 0. The summed E-state index contributed by atoms with van der Waals surface area (Å²) in [5.74, 6) is 0. The Bertz CT molecular complexity index is 2380. The molecule has 0 amide bonds. The molecule has 0 radical (unpaired) electrons. The van der Waals surface area contributed by atoms with Gasteiger partial charge in [-0.05, 0) is 95.1 Å². The van der Waals surface area contributed by atoms with Gasteiger partial charge in [0, 0.05) is 55.6 Å². The maximum atomic E-state index is 2.42. The second-order valence-corrected chi connectivity index (χ2v) is 16.0. The van der Waals surface area contributed by atoms with Gasteiger partial charge in [0.05, 0.1) is 11.0 Å². The van der Waals surface area contributed by atoms with Crippen LogP contribution in [0.5, 0.6) is 0 Å². The molecule has 0 saturated heterocycles. The van der Waals surface area contributed by atoms with Gasteiger partial charge >= 0.3 is 0 Å². The zero-order valence-electron chi connectivity index (χ0n) is 25.0. The van der Waals surface area contributed by atoms with Crippen molar-refractivity contribution in [2.45, 2.75) is 39.2 Å². The van der Waals surface area contributed by atoms with E-state index in [1.807, 2.05) is 47.0 Å². The molecule has 0 fully saturated rings. The van der Waals surface area contributed by atoms with Gasteiger partial charge < -0.3 is 4.57 Å². The highest BCUT2D eigenvalue weighted by Gasteiger charge is 2.23. The van der Waals surface area contributed by atoms with E-state index in [1.165, 1.54) is 88.9 Å². The number of benzene rings is 7.